The molecule has 108 valence electrons. The van der Waals surface area contributed by atoms with Gasteiger partial charge in [-0.15, -0.1) is 5.10 Å². The van der Waals surface area contributed by atoms with Crippen molar-refractivity contribution >= 4 is 11.0 Å². The van der Waals surface area contributed by atoms with Crippen LogP contribution in [-0.4, -0.2) is 51.9 Å². The number of fused-ring (bicyclic) bond motifs is 1. The zero-order valence-electron chi connectivity index (χ0n) is 11.5. The molecule has 1 aliphatic rings. The Kier molecular flexibility index (Phi) is 3.95. The van der Waals surface area contributed by atoms with Gasteiger partial charge in [0.1, 0.15) is 5.52 Å². The Morgan fingerprint density at radius 3 is 3.15 bits per heavy atom. The summed E-state index contributed by atoms with van der Waals surface area (Å²) in [5.74, 6) is 0. The van der Waals surface area contributed by atoms with E-state index in [1.807, 2.05) is 28.9 Å². The zero-order chi connectivity index (χ0) is 13.8. The lowest BCUT2D eigenvalue weighted by atomic mass is 10.0. The van der Waals surface area contributed by atoms with Crippen molar-refractivity contribution in [3.05, 3.63) is 24.3 Å². The van der Waals surface area contributed by atoms with Crippen LogP contribution in [-0.2, 0) is 6.54 Å². The van der Waals surface area contributed by atoms with E-state index < -0.39 is 5.60 Å². The molecule has 1 aromatic heterocycles. The molecule has 0 bridgehead atoms. The predicted octanol–water partition coefficient (Wildman–Crippen LogP) is 0.135. The Morgan fingerprint density at radius 2 is 2.30 bits per heavy atom. The van der Waals surface area contributed by atoms with E-state index >= 15 is 0 Å². The van der Waals surface area contributed by atoms with E-state index in [9.17, 15) is 5.11 Å². The van der Waals surface area contributed by atoms with Crippen molar-refractivity contribution in [3.63, 3.8) is 0 Å². The fourth-order valence-corrected chi connectivity index (χ4v) is 2.64. The van der Waals surface area contributed by atoms with Gasteiger partial charge >= 0.3 is 0 Å². The van der Waals surface area contributed by atoms with Crippen molar-refractivity contribution < 1.29 is 5.11 Å². The maximum Gasteiger partial charge on any atom is 0.113 e. The number of hydrogen-bond acceptors (Lipinski definition) is 5. The minimum atomic E-state index is -0.569. The van der Waals surface area contributed by atoms with E-state index in [1.54, 1.807) is 0 Å². The lowest BCUT2D eigenvalue weighted by Gasteiger charge is -2.21. The molecule has 1 fully saturated rings. The summed E-state index contributed by atoms with van der Waals surface area (Å²) >= 11 is 0. The van der Waals surface area contributed by atoms with Gasteiger partial charge in [-0.05, 0) is 38.1 Å². The summed E-state index contributed by atoms with van der Waals surface area (Å²) in [5.41, 5.74) is 1.44. The summed E-state index contributed by atoms with van der Waals surface area (Å²) in [4.78, 5) is 0. The first-order chi connectivity index (χ1) is 9.77. The van der Waals surface area contributed by atoms with Gasteiger partial charge < -0.3 is 15.7 Å². The van der Waals surface area contributed by atoms with Crippen LogP contribution in [0.15, 0.2) is 24.3 Å². The van der Waals surface area contributed by atoms with Crippen molar-refractivity contribution in [1.29, 1.82) is 0 Å². The van der Waals surface area contributed by atoms with Crippen LogP contribution < -0.4 is 10.6 Å². The molecule has 3 rings (SSSR count). The maximum absolute atomic E-state index is 10.2. The third-order valence-electron chi connectivity index (χ3n) is 3.82. The Labute approximate surface area is 118 Å². The minimum absolute atomic E-state index is 0.569. The third-order valence-corrected chi connectivity index (χ3v) is 3.82. The first-order valence-electron chi connectivity index (χ1n) is 7.19. The van der Waals surface area contributed by atoms with Gasteiger partial charge in [0.25, 0.3) is 0 Å². The molecule has 2 heterocycles. The zero-order valence-corrected chi connectivity index (χ0v) is 11.5. The number of β-amino-alcohol motifs (C(OH)–C–C–N with tert-alkyl or cyclic N) is 1. The minimum Gasteiger partial charge on any atom is -0.387 e. The summed E-state index contributed by atoms with van der Waals surface area (Å²) in [6, 6.07) is 7.98. The van der Waals surface area contributed by atoms with Crippen LogP contribution in [0.4, 0.5) is 0 Å². The quantitative estimate of drug-likeness (QED) is 0.654. The third kappa shape index (κ3) is 2.98. The van der Waals surface area contributed by atoms with Gasteiger partial charge in [0.15, 0.2) is 0 Å². The number of rotatable bonds is 6. The molecule has 0 amide bonds. The Bertz CT molecular complexity index is 561. The Balaban J connectivity index is 1.44. The van der Waals surface area contributed by atoms with Gasteiger partial charge in [0.2, 0.25) is 0 Å². The van der Waals surface area contributed by atoms with Crippen LogP contribution in [0.1, 0.15) is 12.8 Å². The molecule has 6 heteroatoms. The fraction of sp³-hybridized carbons (Fsp3) is 0.571. The summed E-state index contributed by atoms with van der Waals surface area (Å²) in [6.07, 6.45) is 1.80. The molecule has 1 unspecified atom stereocenters. The first kappa shape index (κ1) is 13.5. The number of aliphatic hydroxyl groups is 1. The molecule has 2 aromatic rings. The monoisotopic (exact) mass is 275 g/mol. The number of hydrogen-bond donors (Lipinski definition) is 3. The standard InChI is InChI=1S/C14H21N5O/c20-14(6-8-16-11-14)10-15-7-3-9-19-13-5-2-1-4-12(13)17-18-19/h1-2,4-5,15-16,20H,3,6-11H2. The number of aryl methyl sites for hydroxylation is 1. The molecule has 0 aliphatic carbocycles. The molecule has 1 atom stereocenters. The van der Waals surface area contributed by atoms with Gasteiger partial charge in [-0.1, -0.05) is 17.3 Å². The highest BCUT2D eigenvalue weighted by Gasteiger charge is 2.30. The number of benzene rings is 1. The summed E-state index contributed by atoms with van der Waals surface area (Å²) < 4.78 is 1.93. The second-order valence-corrected chi connectivity index (χ2v) is 5.48. The fourth-order valence-electron chi connectivity index (χ4n) is 2.64. The number of aromatic nitrogens is 3. The molecule has 0 radical (unpaired) electrons. The lowest BCUT2D eigenvalue weighted by Crippen LogP contribution is -2.42. The first-order valence-corrected chi connectivity index (χ1v) is 7.19. The average molecular weight is 275 g/mol. The molecule has 3 N–H and O–H groups in total. The van der Waals surface area contributed by atoms with Crippen molar-refractivity contribution in [1.82, 2.24) is 25.6 Å². The van der Waals surface area contributed by atoms with Gasteiger partial charge in [0, 0.05) is 19.6 Å². The maximum atomic E-state index is 10.2. The highest BCUT2D eigenvalue weighted by molar-refractivity contribution is 5.73. The summed E-state index contributed by atoms with van der Waals surface area (Å²) in [6.45, 7) is 3.95. The van der Waals surface area contributed by atoms with Crippen LogP contribution >= 0.6 is 0 Å². The second-order valence-electron chi connectivity index (χ2n) is 5.48. The molecule has 1 aromatic carbocycles. The van der Waals surface area contributed by atoms with E-state index in [0.29, 0.717) is 13.1 Å². The lowest BCUT2D eigenvalue weighted by molar-refractivity contribution is 0.0612. The topological polar surface area (TPSA) is 75.0 Å². The molecular formula is C14H21N5O. The summed E-state index contributed by atoms with van der Waals surface area (Å²) in [5, 5.41) is 25.0. The molecule has 0 saturated carbocycles. The van der Waals surface area contributed by atoms with Crippen LogP contribution in [0.25, 0.3) is 11.0 Å². The van der Waals surface area contributed by atoms with Crippen LogP contribution in [0.5, 0.6) is 0 Å². The number of nitrogens with one attached hydrogen (secondary N) is 2. The van der Waals surface area contributed by atoms with Gasteiger partial charge in [-0.2, -0.15) is 0 Å². The molecular weight excluding hydrogens is 254 g/mol. The van der Waals surface area contributed by atoms with Crippen molar-refractivity contribution in [2.75, 3.05) is 26.2 Å². The van der Waals surface area contributed by atoms with E-state index in [1.165, 1.54) is 0 Å². The predicted molar refractivity (Wildman–Crippen MR) is 77.5 cm³/mol. The Hall–Kier alpha value is -1.50. The molecule has 1 aliphatic heterocycles. The highest BCUT2D eigenvalue weighted by Crippen LogP contribution is 2.12. The normalized spacial score (nSPS) is 22.6. The van der Waals surface area contributed by atoms with Gasteiger partial charge in [0.05, 0.1) is 11.1 Å². The van der Waals surface area contributed by atoms with Crippen molar-refractivity contribution in [3.8, 4) is 0 Å². The van der Waals surface area contributed by atoms with Crippen molar-refractivity contribution in [2.24, 2.45) is 0 Å². The SMILES string of the molecule is OC1(CNCCCn2nnc3ccccc32)CCNC1. The average Bonchev–Trinajstić information content (AvgIpc) is 3.06. The molecule has 20 heavy (non-hydrogen) atoms. The Morgan fingerprint density at radius 1 is 1.40 bits per heavy atom. The van der Waals surface area contributed by atoms with E-state index in [4.69, 9.17) is 0 Å². The summed E-state index contributed by atoms with van der Waals surface area (Å²) in [7, 11) is 0. The van der Waals surface area contributed by atoms with Gasteiger partial charge in [-0.25, -0.2) is 4.68 Å². The van der Waals surface area contributed by atoms with Crippen molar-refractivity contribution in [2.45, 2.75) is 25.0 Å². The number of nitrogens with zero attached hydrogens (tertiary/aromatic N) is 3. The van der Waals surface area contributed by atoms with E-state index in [-0.39, 0.29) is 0 Å². The highest BCUT2D eigenvalue weighted by atomic mass is 16.3. The largest absolute Gasteiger partial charge is 0.387 e. The smallest absolute Gasteiger partial charge is 0.113 e. The van der Waals surface area contributed by atoms with Crippen LogP contribution in [0.2, 0.25) is 0 Å². The molecule has 1 saturated heterocycles. The van der Waals surface area contributed by atoms with Crippen LogP contribution in [0.3, 0.4) is 0 Å². The van der Waals surface area contributed by atoms with E-state index in [2.05, 4.69) is 20.9 Å². The van der Waals surface area contributed by atoms with E-state index in [0.717, 1.165) is 43.5 Å². The van der Waals surface area contributed by atoms with Gasteiger partial charge in [-0.3, -0.25) is 0 Å². The molecule has 0 spiro atoms. The second kappa shape index (κ2) is 5.87. The van der Waals surface area contributed by atoms with Crippen LogP contribution in [0, 0.1) is 0 Å². The molecule has 6 nitrogen and oxygen atoms in total. The number of para-hydroxylation sites is 1.